The molecule has 0 aromatic heterocycles. The lowest BCUT2D eigenvalue weighted by atomic mass is 10.1. The van der Waals surface area contributed by atoms with Crippen molar-refractivity contribution < 1.29 is 22.6 Å². The van der Waals surface area contributed by atoms with Crippen molar-refractivity contribution >= 4 is 29.9 Å². The van der Waals surface area contributed by atoms with Crippen LogP contribution >= 0.6 is 24.0 Å². The van der Waals surface area contributed by atoms with Gasteiger partial charge in [-0.2, -0.15) is 13.2 Å². The number of hydrogen-bond acceptors (Lipinski definition) is 3. The molecule has 0 amide bonds. The number of para-hydroxylation sites is 2. The van der Waals surface area contributed by atoms with Gasteiger partial charge in [-0.1, -0.05) is 24.3 Å². The third kappa shape index (κ3) is 5.91. The molecule has 0 spiro atoms. The minimum atomic E-state index is -4.38. The van der Waals surface area contributed by atoms with Gasteiger partial charge in [0.15, 0.2) is 17.5 Å². The van der Waals surface area contributed by atoms with E-state index in [2.05, 4.69) is 10.3 Å². The number of alkyl halides is 3. The zero-order valence-corrected chi connectivity index (χ0v) is 16.5. The van der Waals surface area contributed by atoms with E-state index in [-0.39, 0.29) is 42.6 Å². The number of fused-ring (bicyclic) bond motifs is 1. The number of halogens is 4. The SMILES string of the molecule is I.NC(=NCc1cccc(C(F)(F)F)c1)NCC1COc2ccccc2O1. The standard InChI is InChI=1S/C18H18F3N3O2.HI/c19-18(20,21)13-5-3-4-12(8-13)9-23-17(22)24-10-14-11-25-15-6-1-2-7-16(15)26-14;/h1-8,14H,9-11H2,(H3,22,23,24);1H. The number of guanidine groups is 1. The number of ether oxygens (including phenoxy) is 2. The second kappa shape index (κ2) is 9.16. The maximum absolute atomic E-state index is 12.7. The van der Waals surface area contributed by atoms with Gasteiger partial charge in [0.25, 0.3) is 0 Å². The Labute approximate surface area is 171 Å². The molecule has 146 valence electrons. The van der Waals surface area contributed by atoms with E-state index in [0.717, 1.165) is 12.1 Å². The first-order chi connectivity index (χ1) is 12.4. The van der Waals surface area contributed by atoms with E-state index in [0.29, 0.717) is 30.2 Å². The summed E-state index contributed by atoms with van der Waals surface area (Å²) in [6.07, 6.45) is -4.62. The van der Waals surface area contributed by atoms with Crippen molar-refractivity contribution in [2.24, 2.45) is 10.7 Å². The average molecular weight is 493 g/mol. The minimum absolute atomic E-state index is 0. The highest BCUT2D eigenvalue weighted by Gasteiger charge is 2.30. The highest BCUT2D eigenvalue weighted by molar-refractivity contribution is 14.0. The van der Waals surface area contributed by atoms with Crippen LogP contribution in [0.25, 0.3) is 0 Å². The van der Waals surface area contributed by atoms with Gasteiger partial charge in [-0.3, -0.25) is 0 Å². The van der Waals surface area contributed by atoms with Crippen molar-refractivity contribution in [1.82, 2.24) is 5.32 Å². The quantitative estimate of drug-likeness (QED) is 0.389. The smallest absolute Gasteiger partial charge is 0.416 e. The molecule has 0 aliphatic carbocycles. The zero-order valence-electron chi connectivity index (χ0n) is 14.2. The molecule has 3 rings (SSSR count). The number of aliphatic imine (C=N–C) groups is 1. The third-order valence-corrected chi connectivity index (χ3v) is 3.76. The number of nitrogens with two attached hydrogens (primary N) is 1. The van der Waals surface area contributed by atoms with Gasteiger partial charge >= 0.3 is 6.18 Å². The van der Waals surface area contributed by atoms with Crippen LogP contribution in [0.3, 0.4) is 0 Å². The highest BCUT2D eigenvalue weighted by Crippen LogP contribution is 2.31. The van der Waals surface area contributed by atoms with Crippen molar-refractivity contribution in [3.8, 4) is 11.5 Å². The molecular weight excluding hydrogens is 474 g/mol. The van der Waals surface area contributed by atoms with Crippen LogP contribution in [-0.2, 0) is 12.7 Å². The summed E-state index contributed by atoms with van der Waals surface area (Å²) in [6.45, 7) is 0.783. The number of benzene rings is 2. The summed E-state index contributed by atoms with van der Waals surface area (Å²) in [5.41, 5.74) is 5.50. The molecule has 9 heteroatoms. The van der Waals surface area contributed by atoms with E-state index >= 15 is 0 Å². The summed E-state index contributed by atoms with van der Waals surface area (Å²) >= 11 is 0. The van der Waals surface area contributed by atoms with Gasteiger partial charge in [0.1, 0.15) is 12.7 Å². The van der Waals surface area contributed by atoms with Crippen molar-refractivity contribution in [3.05, 3.63) is 59.7 Å². The molecule has 2 aromatic carbocycles. The fourth-order valence-corrected chi connectivity index (χ4v) is 2.46. The summed E-state index contributed by atoms with van der Waals surface area (Å²) in [5, 5.41) is 2.90. The average Bonchev–Trinajstić information content (AvgIpc) is 2.64. The van der Waals surface area contributed by atoms with Gasteiger partial charge in [-0.05, 0) is 29.8 Å². The van der Waals surface area contributed by atoms with Crippen LogP contribution in [0.15, 0.2) is 53.5 Å². The Hall–Kier alpha value is -2.17. The molecular formula is C18H19F3IN3O2. The lowest BCUT2D eigenvalue weighted by Gasteiger charge is -2.26. The normalized spacial score (nSPS) is 16.4. The summed E-state index contributed by atoms with van der Waals surface area (Å²) in [6, 6.07) is 12.3. The predicted octanol–water partition coefficient (Wildman–Crippen LogP) is 3.57. The lowest BCUT2D eigenvalue weighted by molar-refractivity contribution is -0.137. The molecule has 0 fully saturated rings. The van der Waals surface area contributed by atoms with Crippen LogP contribution in [-0.4, -0.2) is 25.2 Å². The zero-order chi connectivity index (χ0) is 18.6. The van der Waals surface area contributed by atoms with Crippen LogP contribution in [0.4, 0.5) is 13.2 Å². The number of nitrogens with one attached hydrogen (secondary N) is 1. The molecule has 5 nitrogen and oxygen atoms in total. The Morgan fingerprint density at radius 3 is 2.63 bits per heavy atom. The fraction of sp³-hybridized carbons (Fsp3) is 0.278. The summed E-state index contributed by atoms with van der Waals surface area (Å²) < 4.78 is 49.5. The molecule has 0 radical (unpaired) electrons. The van der Waals surface area contributed by atoms with Crippen molar-refractivity contribution in [2.45, 2.75) is 18.8 Å². The molecule has 1 unspecified atom stereocenters. The van der Waals surface area contributed by atoms with Crippen LogP contribution in [0.5, 0.6) is 11.5 Å². The van der Waals surface area contributed by atoms with Gasteiger partial charge in [0.05, 0.1) is 18.7 Å². The maximum Gasteiger partial charge on any atom is 0.416 e. The molecule has 27 heavy (non-hydrogen) atoms. The molecule has 0 bridgehead atoms. The van der Waals surface area contributed by atoms with Gasteiger partial charge in [-0.15, -0.1) is 24.0 Å². The van der Waals surface area contributed by atoms with E-state index in [1.165, 1.54) is 6.07 Å². The van der Waals surface area contributed by atoms with Gasteiger partial charge in [-0.25, -0.2) is 4.99 Å². The van der Waals surface area contributed by atoms with Gasteiger partial charge < -0.3 is 20.5 Å². The number of rotatable bonds is 4. The first-order valence-electron chi connectivity index (χ1n) is 8.00. The predicted molar refractivity (Wildman–Crippen MR) is 107 cm³/mol. The first-order valence-corrected chi connectivity index (χ1v) is 8.00. The van der Waals surface area contributed by atoms with Crippen molar-refractivity contribution in [3.63, 3.8) is 0 Å². The molecule has 0 saturated carbocycles. The summed E-state index contributed by atoms with van der Waals surface area (Å²) in [4.78, 5) is 4.07. The Kier molecular flexibility index (Phi) is 7.17. The molecule has 1 atom stereocenters. The third-order valence-electron chi connectivity index (χ3n) is 3.76. The molecule has 3 N–H and O–H groups in total. The Balaban J connectivity index is 0.00000261. The van der Waals surface area contributed by atoms with E-state index in [1.807, 2.05) is 24.3 Å². The highest BCUT2D eigenvalue weighted by atomic mass is 127. The second-order valence-electron chi connectivity index (χ2n) is 5.78. The van der Waals surface area contributed by atoms with Gasteiger partial charge in [0, 0.05) is 0 Å². The van der Waals surface area contributed by atoms with Crippen LogP contribution in [0.2, 0.25) is 0 Å². The van der Waals surface area contributed by atoms with E-state index < -0.39 is 11.7 Å². The molecule has 1 heterocycles. The monoisotopic (exact) mass is 493 g/mol. The minimum Gasteiger partial charge on any atom is -0.486 e. The van der Waals surface area contributed by atoms with Crippen LogP contribution in [0, 0.1) is 0 Å². The van der Waals surface area contributed by atoms with E-state index in [4.69, 9.17) is 15.2 Å². The molecule has 0 saturated heterocycles. The Morgan fingerprint density at radius 1 is 1.15 bits per heavy atom. The van der Waals surface area contributed by atoms with E-state index in [9.17, 15) is 13.2 Å². The Morgan fingerprint density at radius 2 is 1.89 bits per heavy atom. The summed E-state index contributed by atoms with van der Waals surface area (Å²) in [7, 11) is 0. The summed E-state index contributed by atoms with van der Waals surface area (Å²) in [5.74, 6) is 1.48. The largest absolute Gasteiger partial charge is 0.486 e. The molecule has 1 aliphatic rings. The second-order valence-corrected chi connectivity index (χ2v) is 5.78. The first kappa shape index (κ1) is 21.1. The van der Waals surface area contributed by atoms with E-state index in [1.54, 1.807) is 6.07 Å². The molecule has 2 aromatic rings. The van der Waals surface area contributed by atoms with Crippen molar-refractivity contribution in [1.29, 1.82) is 0 Å². The molecule has 1 aliphatic heterocycles. The number of nitrogens with zero attached hydrogens (tertiary/aromatic N) is 1. The number of hydrogen-bond donors (Lipinski definition) is 2. The Bertz CT molecular complexity index is 799. The van der Waals surface area contributed by atoms with Crippen LogP contribution in [0.1, 0.15) is 11.1 Å². The topological polar surface area (TPSA) is 68.9 Å². The van der Waals surface area contributed by atoms with Crippen molar-refractivity contribution in [2.75, 3.05) is 13.2 Å². The van der Waals surface area contributed by atoms with Gasteiger partial charge in [0.2, 0.25) is 0 Å². The fourth-order valence-electron chi connectivity index (χ4n) is 2.46. The van der Waals surface area contributed by atoms with Crippen LogP contribution < -0.4 is 20.5 Å². The maximum atomic E-state index is 12.7. The lowest BCUT2D eigenvalue weighted by Crippen LogP contribution is -2.43.